The molecule has 21 heavy (non-hydrogen) atoms. The van der Waals surface area contributed by atoms with Crippen LogP contribution in [0.1, 0.15) is 12.0 Å². The van der Waals surface area contributed by atoms with E-state index in [1.54, 1.807) is 0 Å². The Bertz CT molecular complexity index is 456. The van der Waals surface area contributed by atoms with Crippen LogP contribution < -0.4 is 10.1 Å². The maximum absolute atomic E-state index is 9.97. The standard InChI is InChI=1S/C16H25BrN2O2/c1-12-3-4-16(15(17)7-12)21-11-14(20)9-18-8-13-5-6-19(2)10-13/h3-4,7,13-14,18,20H,5-6,8-11H2,1-2H3. The molecule has 0 saturated carbocycles. The number of benzene rings is 1. The van der Waals surface area contributed by atoms with Crippen molar-refractivity contribution in [2.24, 2.45) is 5.92 Å². The molecule has 118 valence electrons. The van der Waals surface area contributed by atoms with E-state index in [0.29, 0.717) is 19.1 Å². The van der Waals surface area contributed by atoms with Crippen LogP contribution in [0.5, 0.6) is 5.75 Å². The largest absolute Gasteiger partial charge is 0.490 e. The number of hydrogen-bond acceptors (Lipinski definition) is 4. The van der Waals surface area contributed by atoms with E-state index in [9.17, 15) is 5.11 Å². The van der Waals surface area contributed by atoms with Gasteiger partial charge in [-0.1, -0.05) is 6.07 Å². The average Bonchev–Trinajstić information content (AvgIpc) is 2.83. The Hall–Kier alpha value is -0.620. The normalized spacial score (nSPS) is 20.7. The molecule has 2 atom stereocenters. The lowest BCUT2D eigenvalue weighted by atomic mass is 10.1. The summed E-state index contributed by atoms with van der Waals surface area (Å²) < 4.78 is 6.58. The third-order valence-electron chi connectivity index (χ3n) is 3.82. The second-order valence-electron chi connectivity index (χ2n) is 5.97. The highest BCUT2D eigenvalue weighted by atomic mass is 79.9. The first-order chi connectivity index (χ1) is 10.0. The molecule has 1 heterocycles. The van der Waals surface area contributed by atoms with Gasteiger partial charge in [-0.05, 0) is 73.0 Å². The van der Waals surface area contributed by atoms with Crippen molar-refractivity contribution in [3.8, 4) is 5.75 Å². The zero-order valence-electron chi connectivity index (χ0n) is 12.8. The first-order valence-corrected chi connectivity index (χ1v) is 8.30. The maximum Gasteiger partial charge on any atom is 0.133 e. The highest BCUT2D eigenvalue weighted by Gasteiger charge is 2.19. The minimum atomic E-state index is -0.489. The predicted octanol–water partition coefficient (Wildman–Crippen LogP) is 2.04. The number of nitrogens with zero attached hydrogens (tertiary/aromatic N) is 1. The van der Waals surface area contributed by atoms with Gasteiger partial charge in [-0.25, -0.2) is 0 Å². The van der Waals surface area contributed by atoms with Crippen LogP contribution in [0, 0.1) is 12.8 Å². The van der Waals surface area contributed by atoms with Gasteiger partial charge >= 0.3 is 0 Å². The SMILES string of the molecule is Cc1ccc(OCC(O)CNCC2CCN(C)C2)c(Br)c1. The van der Waals surface area contributed by atoms with Gasteiger partial charge in [-0.2, -0.15) is 0 Å². The Morgan fingerprint density at radius 2 is 2.33 bits per heavy atom. The van der Waals surface area contributed by atoms with Crippen molar-refractivity contribution < 1.29 is 9.84 Å². The van der Waals surface area contributed by atoms with E-state index < -0.39 is 6.10 Å². The molecule has 1 aliphatic rings. The molecule has 1 aromatic rings. The van der Waals surface area contributed by atoms with Crippen molar-refractivity contribution >= 4 is 15.9 Å². The molecule has 1 saturated heterocycles. The van der Waals surface area contributed by atoms with Crippen LogP contribution in [0.15, 0.2) is 22.7 Å². The Balaban J connectivity index is 1.64. The van der Waals surface area contributed by atoms with Gasteiger partial charge in [0, 0.05) is 13.1 Å². The van der Waals surface area contributed by atoms with Crippen LogP contribution in [-0.4, -0.2) is 55.9 Å². The molecule has 2 rings (SSSR count). The molecule has 5 heteroatoms. The first-order valence-electron chi connectivity index (χ1n) is 7.51. The monoisotopic (exact) mass is 356 g/mol. The lowest BCUT2D eigenvalue weighted by molar-refractivity contribution is 0.105. The number of likely N-dealkylation sites (tertiary alicyclic amines) is 1. The van der Waals surface area contributed by atoms with E-state index in [-0.39, 0.29) is 0 Å². The third-order valence-corrected chi connectivity index (χ3v) is 4.44. The van der Waals surface area contributed by atoms with Crippen molar-refractivity contribution in [2.45, 2.75) is 19.4 Å². The Kier molecular flexibility index (Phi) is 6.48. The molecule has 0 bridgehead atoms. The van der Waals surface area contributed by atoms with Crippen LogP contribution in [0.25, 0.3) is 0 Å². The van der Waals surface area contributed by atoms with E-state index in [1.807, 2.05) is 25.1 Å². The molecule has 0 spiro atoms. The van der Waals surface area contributed by atoms with Crippen molar-refractivity contribution in [2.75, 3.05) is 39.8 Å². The highest BCUT2D eigenvalue weighted by Crippen LogP contribution is 2.25. The summed E-state index contributed by atoms with van der Waals surface area (Å²) in [7, 11) is 2.15. The number of hydrogen-bond donors (Lipinski definition) is 2. The van der Waals surface area contributed by atoms with Crippen LogP contribution in [0.4, 0.5) is 0 Å². The number of halogens is 1. The molecule has 4 nitrogen and oxygen atoms in total. The van der Waals surface area contributed by atoms with Crippen LogP contribution in [-0.2, 0) is 0 Å². The molecule has 0 aliphatic carbocycles. The fraction of sp³-hybridized carbons (Fsp3) is 0.625. The summed E-state index contributed by atoms with van der Waals surface area (Å²) in [6.45, 7) is 6.21. The molecule has 2 unspecified atom stereocenters. The van der Waals surface area contributed by atoms with E-state index in [0.717, 1.165) is 23.3 Å². The van der Waals surface area contributed by atoms with Crippen molar-refractivity contribution in [3.63, 3.8) is 0 Å². The average molecular weight is 357 g/mol. The molecule has 1 aromatic carbocycles. The number of nitrogens with one attached hydrogen (secondary N) is 1. The van der Waals surface area contributed by atoms with Gasteiger partial charge in [0.05, 0.1) is 4.47 Å². The number of rotatable bonds is 7. The topological polar surface area (TPSA) is 44.7 Å². The van der Waals surface area contributed by atoms with Gasteiger partial charge in [0.1, 0.15) is 18.5 Å². The summed E-state index contributed by atoms with van der Waals surface area (Å²) in [5.74, 6) is 1.48. The summed E-state index contributed by atoms with van der Waals surface area (Å²) >= 11 is 3.47. The Morgan fingerprint density at radius 1 is 1.52 bits per heavy atom. The quantitative estimate of drug-likeness (QED) is 0.784. The number of ether oxygens (including phenoxy) is 1. The zero-order chi connectivity index (χ0) is 15.2. The molecule has 0 amide bonds. The second-order valence-corrected chi connectivity index (χ2v) is 6.83. The van der Waals surface area contributed by atoms with Gasteiger partial charge in [-0.15, -0.1) is 0 Å². The molecule has 1 aliphatic heterocycles. The number of aliphatic hydroxyl groups excluding tert-OH is 1. The number of aryl methyl sites for hydroxylation is 1. The molecular weight excluding hydrogens is 332 g/mol. The predicted molar refractivity (Wildman–Crippen MR) is 88.9 cm³/mol. The van der Waals surface area contributed by atoms with Gasteiger partial charge in [0.25, 0.3) is 0 Å². The van der Waals surface area contributed by atoms with Gasteiger partial charge in [-0.3, -0.25) is 0 Å². The van der Waals surface area contributed by atoms with E-state index in [2.05, 4.69) is 33.2 Å². The minimum Gasteiger partial charge on any atom is -0.490 e. The molecular formula is C16H25BrN2O2. The lowest BCUT2D eigenvalue weighted by Gasteiger charge is -2.16. The molecule has 1 fully saturated rings. The Labute approximate surface area is 135 Å². The minimum absolute atomic E-state index is 0.305. The zero-order valence-corrected chi connectivity index (χ0v) is 14.4. The van der Waals surface area contributed by atoms with Crippen molar-refractivity contribution in [1.82, 2.24) is 10.2 Å². The molecule has 2 N–H and O–H groups in total. The first kappa shape index (κ1) is 16.7. The van der Waals surface area contributed by atoms with Crippen LogP contribution in [0.3, 0.4) is 0 Å². The smallest absolute Gasteiger partial charge is 0.133 e. The maximum atomic E-state index is 9.97. The molecule has 0 radical (unpaired) electrons. The summed E-state index contributed by atoms with van der Waals surface area (Å²) in [4.78, 5) is 2.35. The van der Waals surface area contributed by atoms with E-state index >= 15 is 0 Å². The fourth-order valence-corrected chi connectivity index (χ4v) is 3.22. The number of aliphatic hydroxyl groups is 1. The summed E-state index contributed by atoms with van der Waals surface area (Å²) in [6, 6.07) is 5.94. The van der Waals surface area contributed by atoms with Gasteiger partial charge < -0.3 is 20.1 Å². The Morgan fingerprint density at radius 3 is 3.00 bits per heavy atom. The van der Waals surface area contributed by atoms with Crippen LogP contribution in [0.2, 0.25) is 0 Å². The van der Waals surface area contributed by atoms with Gasteiger partial charge in [0.2, 0.25) is 0 Å². The summed E-state index contributed by atoms with van der Waals surface area (Å²) in [6.07, 6.45) is 0.754. The third kappa shape index (κ3) is 5.58. The second kappa shape index (κ2) is 8.13. The fourth-order valence-electron chi connectivity index (χ4n) is 2.61. The van der Waals surface area contributed by atoms with Gasteiger partial charge in [0.15, 0.2) is 0 Å². The van der Waals surface area contributed by atoms with E-state index in [4.69, 9.17) is 4.74 Å². The van der Waals surface area contributed by atoms with Crippen LogP contribution >= 0.6 is 15.9 Å². The lowest BCUT2D eigenvalue weighted by Crippen LogP contribution is -2.34. The van der Waals surface area contributed by atoms with Crippen molar-refractivity contribution in [3.05, 3.63) is 28.2 Å². The highest BCUT2D eigenvalue weighted by molar-refractivity contribution is 9.10. The summed E-state index contributed by atoms with van der Waals surface area (Å²) in [5, 5.41) is 13.3. The van der Waals surface area contributed by atoms with E-state index in [1.165, 1.54) is 18.5 Å². The van der Waals surface area contributed by atoms with Crippen molar-refractivity contribution in [1.29, 1.82) is 0 Å². The molecule has 0 aromatic heterocycles. The summed E-state index contributed by atoms with van der Waals surface area (Å²) in [5.41, 5.74) is 1.18.